The van der Waals surface area contributed by atoms with E-state index in [1.165, 1.54) is 38.2 Å². The molecule has 0 N–H and O–H groups in total. The predicted octanol–water partition coefficient (Wildman–Crippen LogP) is 12.2. The number of benzene rings is 7. The van der Waals surface area contributed by atoms with Crippen molar-refractivity contribution in [2.75, 3.05) is 0 Å². The molecule has 0 radical (unpaired) electrons. The van der Waals surface area contributed by atoms with E-state index in [1.54, 1.807) is 0 Å². The standard InChI is InChI=1S/C44H28BrN3/c45-41-26-24-33(28-46-41)43-36-16-8-7-15-35(36)42(30-11-3-1-4-12-30)38-27-32(23-25-37(38)43)29-19-21-31(22-20-29)44-47-39-17-9-10-18-40(39)48(44)34-13-5-2-6-14-34/h1-28H. The number of hydrogen-bond acceptors (Lipinski definition) is 2. The van der Waals surface area contributed by atoms with Crippen molar-refractivity contribution < 1.29 is 0 Å². The van der Waals surface area contributed by atoms with Crippen molar-refractivity contribution in [2.45, 2.75) is 0 Å². The number of nitrogens with zero attached hydrogens (tertiary/aromatic N) is 3. The van der Waals surface area contributed by atoms with Crippen molar-refractivity contribution in [3.8, 4) is 50.5 Å². The van der Waals surface area contributed by atoms with Crippen molar-refractivity contribution in [1.82, 2.24) is 14.5 Å². The van der Waals surface area contributed by atoms with Gasteiger partial charge in [-0.05, 0) is 102 Å². The summed E-state index contributed by atoms with van der Waals surface area (Å²) in [4.78, 5) is 9.67. The van der Waals surface area contributed by atoms with E-state index in [4.69, 9.17) is 4.98 Å². The van der Waals surface area contributed by atoms with Crippen molar-refractivity contribution in [3.05, 3.63) is 175 Å². The van der Waals surface area contributed by atoms with Gasteiger partial charge in [0, 0.05) is 23.0 Å². The molecule has 0 unspecified atom stereocenters. The highest BCUT2D eigenvalue weighted by atomic mass is 79.9. The summed E-state index contributed by atoms with van der Waals surface area (Å²) in [5, 5.41) is 4.85. The Kier molecular flexibility index (Phi) is 6.95. The Morgan fingerprint density at radius 1 is 0.438 bits per heavy atom. The molecule has 2 heterocycles. The smallest absolute Gasteiger partial charge is 0.145 e. The number of rotatable bonds is 5. The molecule has 0 spiro atoms. The molecule has 0 aliphatic heterocycles. The van der Waals surface area contributed by atoms with E-state index in [2.05, 4.69) is 171 Å². The Morgan fingerprint density at radius 3 is 1.75 bits per heavy atom. The number of pyridine rings is 1. The van der Waals surface area contributed by atoms with Crippen LogP contribution in [-0.2, 0) is 0 Å². The van der Waals surface area contributed by atoms with Crippen molar-refractivity contribution in [2.24, 2.45) is 0 Å². The lowest BCUT2D eigenvalue weighted by molar-refractivity contribution is 1.10. The number of aromatic nitrogens is 3. The molecule has 4 heteroatoms. The van der Waals surface area contributed by atoms with Crippen molar-refractivity contribution in [3.63, 3.8) is 0 Å². The van der Waals surface area contributed by atoms with Gasteiger partial charge in [0.15, 0.2) is 0 Å². The number of hydrogen-bond donors (Lipinski definition) is 0. The van der Waals surface area contributed by atoms with E-state index in [9.17, 15) is 0 Å². The van der Waals surface area contributed by atoms with Crippen LogP contribution in [0, 0.1) is 0 Å². The van der Waals surface area contributed by atoms with Crippen LogP contribution in [0.2, 0.25) is 0 Å². The van der Waals surface area contributed by atoms with Crippen LogP contribution in [0.15, 0.2) is 175 Å². The van der Waals surface area contributed by atoms with Gasteiger partial charge in [0.1, 0.15) is 10.4 Å². The largest absolute Gasteiger partial charge is 0.292 e. The SMILES string of the molecule is Brc1ccc(-c2c3ccccc3c(-c3ccccc3)c3cc(-c4ccc(-c5nc6ccccc6n5-c5ccccc5)cc4)ccc23)cn1. The predicted molar refractivity (Wildman–Crippen MR) is 203 cm³/mol. The highest BCUT2D eigenvalue weighted by Gasteiger charge is 2.18. The van der Waals surface area contributed by atoms with E-state index in [0.717, 1.165) is 49.4 Å². The first-order valence-corrected chi connectivity index (χ1v) is 16.8. The minimum atomic E-state index is 0.825. The molecule has 0 fully saturated rings. The quantitative estimate of drug-likeness (QED) is 0.134. The van der Waals surface area contributed by atoms with Crippen LogP contribution >= 0.6 is 15.9 Å². The molecule has 0 amide bonds. The van der Waals surface area contributed by atoms with Gasteiger partial charge in [-0.3, -0.25) is 4.57 Å². The van der Waals surface area contributed by atoms with E-state index in [-0.39, 0.29) is 0 Å². The highest BCUT2D eigenvalue weighted by Crippen LogP contribution is 2.45. The van der Waals surface area contributed by atoms with Crippen molar-refractivity contribution >= 4 is 48.5 Å². The van der Waals surface area contributed by atoms with Crippen LogP contribution in [0.25, 0.3) is 83.0 Å². The van der Waals surface area contributed by atoms with Gasteiger partial charge < -0.3 is 0 Å². The maximum Gasteiger partial charge on any atom is 0.145 e. The minimum absolute atomic E-state index is 0.825. The lowest BCUT2D eigenvalue weighted by Crippen LogP contribution is -1.97. The lowest BCUT2D eigenvalue weighted by Gasteiger charge is -2.18. The number of para-hydroxylation sites is 3. The zero-order chi connectivity index (χ0) is 32.0. The van der Waals surface area contributed by atoms with Crippen LogP contribution in [0.1, 0.15) is 0 Å². The summed E-state index contributed by atoms with van der Waals surface area (Å²) >= 11 is 3.52. The summed E-state index contributed by atoms with van der Waals surface area (Å²) < 4.78 is 3.07. The van der Waals surface area contributed by atoms with E-state index in [1.807, 2.05) is 24.4 Å². The van der Waals surface area contributed by atoms with Gasteiger partial charge >= 0.3 is 0 Å². The fourth-order valence-electron chi connectivity index (χ4n) is 6.98. The molecule has 3 nitrogen and oxygen atoms in total. The fraction of sp³-hybridized carbons (Fsp3) is 0. The highest BCUT2D eigenvalue weighted by molar-refractivity contribution is 9.10. The van der Waals surface area contributed by atoms with Gasteiger partial charge in [0.05, 0.1) is 11.0 Å². The third-order valence-electron chi connectivity index (χ3n) is 9.15. The third kappa shape index (κ3) is 4.81. The molecule has 0 aliphatic carbocycles. The Bertz CT molecular complexity index is 2590. The molecular formula is C44H28BrN3. The molecule has 2 aromatic heterocycles. The lowest BCUT2D eigenvalue weighted by atomic mass is 9.85. The second-order valence-corrected chi connectivity index (χ2v) is 12.8. The van der Waals surface area contributed by atoms with Crippen LogP contribution in [0.3, 0.4) is 0 Å². The Morgan fingerprint density at radius 2 is 1.02 bits per heavy atom. The van der Waals surface area contributed by atoms with Crippen LogP contribution < -0.4 is 0 Å². The summed E-state index contributed by atoms with van der Waals surface area (Å²) in [5.74, 6) is 0.929. The summed E-state index contributed by atoms with van der Waals surface area (Å²) in [6.07, 6.45) is 1.96. The molecule has 9 rings (SSSR count). The average molecular weight is 679 g/mol. The van der Waals surface area contributed by atoms with Gasteiger partial charge in [-0.15, -0.1) is 0 Å². The summed E-state index contributed by atoms with van der Waals surface area (Å²) in [7, 11) is 0. The molecule has 0 aliphatic rings. The van der Waals surface area contributed by atoms with Gasteiger partial charge in [-0.2, -0.15) is 0 Å². The van der Waals surface area contributed by atoms with Gasteiger partial charge in [-0.25, -0.2) is 9.97 Å². The second kappa shape index (κ2) is 11.8. The monoisotopic (exact) mass is 677 g/mol. The zero-order valence-corrected chi connectivity index (χ0v) is 27.5. The first kappa shape index (κ1) is 28.4. The molecule has 9 aromatic rings. The summed E-state index contributed by atoms with van der Waals surface area (Å²) in [6, 6.07) is 58.1. The van der Waals surface area contributed by atoms with Crippen LogP contribution in [-0.4, -0.2) is 14.5 Å². The number of imidazole rings is 1. The number of fused-ring (bicyclic) bond motifs is 3. The van der Waals surface area contributed by atoms with Gasteiger partial charge in [0.25, 0.3) is 0 Å². The van der Waals surface area contributed by atoms with E-state index in [0.29, 0.717) is 0 Å². The topological polar surface area (TPSA) is 30.7 Å². The van der Waals surface area contributed by atoms with E-state index >= 15 is 0 Å². The average Bonchev–Trinajstić information content (AvgIpc) is 3.55. The molecule has 0 saturated carbocycles. The summed E-state index contributed by atoms with van der Waals surface area (Å²) in [5.41, 5.74) is 11.3. The fourth-order valence-corrected chi connectivity index (χ4v) is 7.21. The van der Waals surface area contributed by atoms with Crippen LogP contribution in [0.5, 0.6) is 0 Å². The zero-order valence-electron chi connectivity index (χ0n) is 25.9. The minimum Gasteiger partial charge on any atom is -0.292 e. The van der Waals surface area contributed by atoms with Gasteiger partial charge in [0.2, 0.25) is 0 Å². The first-order chi connectivity index (χ1) is 23.7. The molecule has 0 atom stereocenters. The van der Waals surface area contributed by atoms with Gasteiger partial charge in [-0.1, -0.05) is 127 Å². The molecular weight excluding hydrogens is 650 g/mol. The Labute approximate surface area is 286 Å². The Hall–Kier alpha value is -5.84. The normalized spacial score (nSPS) is 11.4. The molecule has 0 saturated heterocycles. The summed E-state index contributed by atoms with van der Waals surface area (Å²) in [6.45, 7) is 0. The van der Waals surface area contributed by atoms with Crippen LogP contribution in [0.4, 0.5) is 0 Å². The molecule has 7 aromatic carbocycles. The second-order valence-electron chi connectivity index (χ2n) is 12.0. The van der Waals surface area contributed by atoms with Crippen molar-refractivity contribution in [1.29, 1.82) is 0 Å². The first-order valence-electron chi connectivity index (χ1n) is 16.0. The number of halogens is 1. The maximum atomic E-state index is 5.08. The maximum absolute atomic E-state index is 5.08. The molecule has 48 heavy (non-hydrogen) atoms. The Balaban J connectivity index is 1.23. The molecule has 226 valence electrons. The van der Waals surface area contributed by atoms with E-state index < -0.39 is 0 Å². The third-order valence-corrected chi connectivity index (χ3v) is 9.62. The molecule has 0 bridgehead atoms.